The van der Waals surface area contributed by atoms with Gasteiger partial charge in [-0.2, -0.15) is 13.2 Å². The molecule has 0 aliphatic rings. The Morgan fingerprint density at radius 1 is 1.26 bits per heavy atom. The average Bonchev–Trinajstić information content (AvgIpc) is 2.60. The van der Waals surface area contributed by atoms with Crippen molar-refractivity contribution in [2.24, 2.45) is 5.84 Å². The van der Waals surface area contributed by atoms with E-state index in [1.165, 1.54) is 6.07 Å². The summed E-state index contributed by atoms with van der Waals surface area (Å²) in [6, 6.07) is 5.70. The minimum atomic E-state index is -4.58. The number of ether oxygens (including phenoxy) is 1. The number of nitrogens with zero attached hydrogens (tertiary/aromatic N) is 2. The van der Waals surface area contributed by atoms with E-state index < -0.39 is 34.1 Å². The van der Waals surface area contributed by atoms with E-state index in [1.54, 1.807) is 0 Å². The number of nitro benzene ring substituents is 1. The van der Waals surface area contributed by atoms with Gasteiger partial charge in [0.25, 0.3) is 11.6 Å². The highest BCUT2D eigenvalue weighted by molar-refractivity contribution is 6.32. The third kappa shape index (κ3) is 4.79. The summed E-state index contributed by atoms with van der Waals surface area (Å²) in [7, 11) is 0. The second kappa shape index (κ2) is 7.99. The number of hydrogen-bond acceptors (Lipinski definition) is 5. The lowest BCUT2D eigenvalue weighted by Crippen LogP contribution is -2.38. The van der Waals surface area contributed by atoms with Gasteiger partial charge in [-0.1, -0.05) is 11.6 Å². The fourth-order valence-electron chi connectivity index (χ4n) is 2.00. The average molecular weight is 424 g/mol. The van der Waals surface area contributed by atoms with Gasteiger partial charge in [-0.05, 0) is 24.3 Å². The van der Waals surface area contributed by atoms with Crippen LogP contribution in [0.5, 0.6) is 11.5 Å². The van der Waals surface area contributed by atoms with Crippen LogP contribution in [0.25, 0.3) is 0 Å². The van der Waals surface area contributed by atoms with Crippen LogP contribution in [-0.2, 0) is 11.0 Å². The van der Waals surface area contributed by atoms with Crippen molar-refractivity contribution < 1.29 is 27.6 Å². The lowest BCUT2D eigenvalue weighted by atomic mass is 10.2. The fourth-order valence-corrected chi connectivity index (χ4v) is 2.35. The minimum Gasteiger partial charge on any atom is -0.456 e. The highest BCUT2D eigenvalue weighted by Gasteiger charge is 2.31. The lowest BCUT2D eigenvalue weighted by Gasteiger charge is -2.17. The van der Waals surface area contributed by atoms with E-state index in [0.29, 0.717) is 11.1 Å². The molecule has 0 heterocycles. The number of rotatable bonds is 5. The maximum absolute atomic E-state index is 12.7. The Morgan fingerprint density at radius 2 is 1.93 bits per heavy atom. The van der Waals surface area contributed by atoms with Crippen molar-refractivity contribution in [3.8, 4) is 11.5 Å². The molecule has 0 bridgehead atoms. The summed E-state index contributed by atoms with van der Waals surface area (Å²) >= 11 is 11.2. The number of nitro groups is 1. The normalized spacial score (nSPS) is 11.2. The Balaban J connectivity index is 2.40. The first-order valence-electron chi connectivity index (χ1n) is 7.01. The number of anilines is 1. The molecule has 12 heteroatoms. The summed E-state index contributed by atoms with van der Waals surface area (Å²) in [5, 5.41) is 11.3. The molecule has 0 radical (unpaired) electrons. The quantitative estimate of drug-likeness (QED) is 0.251. The predicted octanol–water partition coefficient (Wildman–Crippen LogP) is 4.50. The molecule has 0 atom stereocenters. The molecule has 0 aromatic heterocycles. The monoisotopic (exact) mass is 423 g/mol. The molecule has 0 aliphatic carbocycles. The van der Waals surface area contributed by atoms with Crippen LogP contribution in [0, 0.1) is 10.1 Å². The van der Waals surface area contributed by atoms with Gasteiger partial charge in [-0.3, -0.25) is 14.9 Å². The van der Waals surface area contributed by atoms with Crippen LogP contribution >= 0.6 is 23.2 Å². The van der Waals surface area contributed by atoms with Crippen molar-refractivity contribution in [2.45, 2.75) is 6.18 Å². The van der Waals surface area contributed by atoms with E-state index in [2.05, 4.69) is 0 Å². The SMILES string of the molecule is NN(C(=O)CCl)c1cc(Oc2ccc(C(F)(F)F)cc2Cl)ccc1[N+](=O)[O-]. The summed E-state index contributed by atoms with van der Waals surface area (Å²) in [6.45, 7) is 0. The van der Waals surface area contributed by atoms with Gasteiger partial charge in [0.05, 0.1) is 15.5 Å². The summed E-state index contributed by atoms with van der Waals surface area (Å²) in [5.41, 5.74) is -1.78. The predicted molar refractivity (Wildman–Crippen MR) is 92.0 cm³/mol. The number of hydrogen-bond donors (Lipinski definition) is 1. The maximum atomic E-state index is 12.7. The summed E-state index contributed by atoms with van der Waals surface area (Å²) in [5.74, 6) is 4.02. The number of benzene rings is 2. The van der Waals surface area contributed by atoms with E-state index in [9.17, 15) is 28.1 Å². The highest BCUT2D eigenvalue weighted by Crippen LogP contribution is 2.38. The molecule has 2 aromatic carbocycles. The van der Waals surface area contributed by atoms with E-state index in [4.69, 9.17) is 33.8 Å². The molecule has 0 aliphatic heterocycles. The van der Waals surface area contributed by atoms with Crippen LogP contribution in [0.4, 0.5) is 24.5 Å². The summed E-state index contributed by atoms with van der Waals surface area (Å²) in [4.78, 5) is 22.0. The maximum Gasteiger partial charge on any atom is 0.416 e. The van der Waals surface area contributed by atoms with Crippen LogP contribution in [-0.4, -0.2) is 16.7 Å². The van der Waals surface area contributed by atoms with E-state index in [1.807, 2.05) is 0 Å². The molecule has 0 fully saturated rings. The van der Waals surface area contributed by atoms with Gasteiger partial charge >= 0.3 is 6.18 Å². The fraction of sp³-hybridized carbons (Fsp3) is 0.133. The number of carbonyl (C=O) groups excluding carboxylic acids is 1. The molecule has 144 valence electrons. The third-order valence-electron chi connectivity index (χ3n) is 3.27. The van der Waals surface area contributed by atoms with Gasteiger partial charge < -0.3 is 4.74 Å². The zero-order chi connectivity index (χ0) is 20.4. The standard InChI is InChI=1S/C15H10Cl2F3N3O4/c16-7-14(24)22(21)12-6-9(2-3-11(12)23(25)26)27-13-4-1-8(5-10(13)17)15(18,19)20/h1-6H,7,21H2. The van der Waals surface area contributed by atoms with Gasteiger partial charge in [-0.25, -0.2) is 10.9 Å². The second-order valence-electron chi connectivity index (χ2n) is 5.05. The van der Waals surface area contributed by atoms with Crippen LogP contribution in [0.15, 0.2) is 36.4 Å². The second-order valence-corrected chi connectivity index (χ2v) is 5.72. The van der Waals surface area contributed by atoms with E-state index >= 15 is 0 Å². The molecular formula is C15H10Cl2F3N3O4. The van der Waals surface area contributed by atoms with E-state index in [0.717, 1.165) is 24.3 Å². The molecule has 0 saturated heterocycles. The molecule has 0 saturated carbocycles. The Morgan fingerprint density at radius 3 is 2.44 bits per heavy atom. The van der Waals surface area contributed by atoms with E-state index in [-0.39, 0.29) is 22.2 Å². The van der Waals surface area contributed by atoms with Gasteiger partial charge in [0, 0.05) is 12.1 Å². The molecule has 27 heavy (non-hydrogen) atoms. The first kappa shape index (κ1) is 20.7. The number of amides is 1. The molecule has 2 N–H and O–H groups in total. The zero-order valence-electron chi connectivity index (χ0n) is 13.2. The topological polar surface area (TPSA) is 98.7 Å². The van der Waals surface area contributed by atoms with Crippen molar-refractivity contribution in [3.63, 3.8) is 0 Å². The third-order valence-corrected chi connectivity index (χ3v) is 3.80. The van der Waals surface area contributed by atoms with Crippen molar-refractivity contribution in [2.75, 3.05) is 10.9 Å². The molecule has 0 unspecified atom stereocenters. The molecule has 1 amide bonds. The molecule has 0 spiro atoms. The number of nitrogens with two attached hydrogens (primary N) is 1. The van der Waals surface area contributed by atoms with Gasteiger partial charge in [0.1, 0.15) is 23.1 Å². The van der Waals surface area contributed by atoms with Crippen LogP contribution in [0.1, 0.15) is 5.56 Å². The number of carbonyl (C=O) groups is 1. The van der Waals surface area contributed by atoms with Gasteiger partial charge in [0.15, 0.2) is 0 Å². The Labute approximate surface area is 160 Å². The highest BCUT2D eigenvalue weighted by atomic mass is 35.5. The van der Waals surface area contributed by atoms with Crippen LogP contribution in [0.2, 0.25) is 5.02 Å². The number of hydrazine groups is 1. The zero-order valence-corrected chi connectivity index (χ0v) is 14.7. The minimum absolute atomic E-state index is 0.0462. The van der Waals surface area contributed by atoms with Crippen molar-refractivity contribution in [3.05, 3.63) is 57.1 Å². The molecule has 2 aromatic rings. The van der Waals surface area contributed by atoms with Gasteiger partial charge in [-0.15, -0.1) is 11.6 Å². The van der Waals surface area contributed by atoms with Crippen LogP contribution < -0.4 is 15.6 Å². The van der Waals surface area contributed by atoms with Crippen molar-refractivity contribution >= 4 is 40.5 Å². The Kier molecular flexibility index (Phi) is 6.14. The number of alkyl halides is 4. The smallest absolute Gasteiger partial charge is 0.416 e. The Bertz CT molecular complexity index is 893. The molecular weight excluding hydrogens is 414 g/mol. The van der Waals surface area contributed by atoms with Gasteiger partial charge in [0.2, 0.25) is 0 Å². The first-order chi connectivity index (χ1) is 12.5. The number of halogens is 5. The lowest BCUT2D eigenvalue weighted by molar-refractivity contribution is -0.384. The molecule has 2 rings (SSSR count). The summed E-state index contributed by atoms with van der Waals surface area (Å²) < 4.78 is 43.4. The van der Waals surface area contributed by atoms with Crippen LogP contribution in [0.3, 0.4) is 0 Å². The molecule has 7 nitrogen and oxygen atoms in total. The first-order valence-corrected chi connectivity index (χ1v) is 7.92. The Hall–Kier alpha value is -2.56. The van der Waals surface area contributed by atoms with Crippen molar-refractivity contribution in [1.82, 2.24) is 0 Å². The summed E-state index contributed by atoms with van der Waals surface area (Å²) in [6.07, 6.45) is -4.58. The van der Waals surface area contributed by atoms with Crippen molar-refractivity contribution in [1.29, 1.82) is 0 Å². The largest absolute Gasteiger partial charge is 0.456 e.